The number of carbonyl (C=O) groups excluding carboxylic acids is 7. The minimum atomic E-state index is -1.59. The van der Waals surface area contributed by atoms with Crippen molar-refractivity contribution in [3.63, 3.8) is 0 Å². The summed E-state index contributed by atoms with van der Waals surface area (Å²) in [4.78, 5) is 104. The molecule has 0 aromatic heterocycles. The van der Waals surface area contributed by atoms with Gasteiger partial charge in [0.25, 0.3) is 0 Å². The van der Waals surface area contributed by atoms with Gasteiger partial charge in [0.15, 0.2) is 0 Å². The third kappa shape index (κ3) is 18.8. The van der Waals surface area contributed by atoms with Crippen LogP contribution in [-0.2, 0) is 44.8 Å². The Morgan fingerprint density at radius 3 is 1.64 bits per heavy atom. The number of nitrogens with two attached hydrogens (primary N) is 3. The third-order valence-corrected chi connectivity index (χ3v) is 8.79. The topological polar surface area (TPSA) is 347 Å². The van der Waals surface area contributed by atoms with Gasteiger partial charge in [0.1, 0.15) is 42.3 Å². The highest BCUT2D eigenvalue weighted by Crippen LogP contribution is 2.12. The second-order valence-electron chi connectivity index (χ2n) is 15.1. The molecule has 0 bridgehead atoms. The molecular formula is C38H63N9O11. The SMILES string of the molecule is CC(C)C[C@H](NC(=O)[C@@H](NC(=O)[C@H](CCCCN)NC(=O)[C@H](CC(C)C)NC(=O)[C@H](Cc1ccccc1)NC(=O)[C@H](CC(N)=O)NC(=O)[C@@H](N)CO)[C@@H](C)O)C(=O)O. The van der Waals surface area contributed by atoms with E-state index in [1.54, 1.807) is 58.0 Å². The molecule has 0 saturated heterocycles. The lowest BCUT2D eigenvalue weighted by atomic mass is 9.99. The molecule has 0 unspecified atom stereocenters. The van der Waals surface area contributed by atoms with E-state index in [1.807, 2.05) is 0 Å². The summed E-state index contributed by atoms with van der Waals surface area (Å²) in [7, 11) is 0. The van der Waals surface area contributed by atoms with Crippen molar-refractivity contribution < 1.29 is 53.7 Å². The lowest BCUT2D eigenvalue weighted by molar-refractivity contribution is -0.143. The Balaban J connectivity index is 3.43. The summed E-state index contributed by atoms with van der Waals surface area (Å²) in [6, 6.07) is -1.33. The molecule has 0 aliphatic heterocycles. The van der Waals surface area contributed by atoms with Gasteiger partial charge in [-0.2, -0.15) is 0 Å². The summed E-state index contributed by atoms with van der Waals surface area (Å²) in [5.41, 5.74) is 17.1. The van der Waals surface area contributed by atoms with Gasteiger partial charge in [0.05, 0.1) is 19.1 Å². The summed E-state index contributed by atoms with van der Waals surface area (Å²) < 4.78 is 0. The minimum absolute atomic E-state index is 0.0377. The maximum Gasteiger partial charge on any atom is 0.326 e. The summed E-state index contributed by atoms with van der Waals surface area (Å²) >= 11 is 0. The molecule has 0 spiro atoms. The first-order valence-corrected chi connectivity index (χ1v) is 19.3. The standard InChI is InChI=1S/C38H63N9O11/c1-20(2)15-26(34(53)42-25(13-9-10-14-39)33(52)47-31(22(5)49)37(56)46-29(38(57)58)16-21(3)4)44-35(54)27(17-23-11-7-6-8-12-23)45-36(55)28(18-30(41)50)43-32(51)24(40)19-48/h6-8,11-12,20-22,24-29,31,48-49H,9-10,13-19,39-40H2,1-5H3,(H2,41,50)(H,42,53)(H,43,51)(H,44,54)(H,45,55)(H,46,56)(H,47,52)(H,57,58)/t22-,24+,25+,26+,27+,28+,29+,31+/m1/s1. The molecule has 0 fully saturated rings. The Labute approximate surface area is 338 Å². The summed E-state index contributed by atoms with van der Waals surface area (Å²) in [5.74, 6) is -7.93. The molecule has 1 aromatic carbocycles. The van der Waals surface area contributed by atoms with Crippen LogP contribution in [-0.4, -0.2) is 124 Å². The number of carbonyl (C=O) groups is 8. The molecule has 0 aliphatic carbocycles. The molecule has 0 aliphatic rings. The van der Waals surface area contributed by atoms with Gasteiger partial charge in [0, 0.05) is 6.42 Å². The molecule has 1 aromatic rings. The molecule has 0 radical (unpaired) electrons. The number of aliphatic carboxylic acids is 1. The number of carboxylic acid groups (broad SMARTS) is 1. The summed E-state index contributed by atoms with van der Waals surface area (Å²) in [5, 5.41) is 44.1. The second kappa shape index (κ2) is 25.9. The van der Waals surface area contributed by atoms with E-state index < -0.39 is 109 Å². The number of benzene rings is 1. The van der Waals surface area contributed by atoms with Gasteiger partial charge in [-0.15, -0.1) is 0 Å². The predicted molar refractivity (Wildman–Crippen MR) is 212 cm³/mol. The third-order valence-electron chi connectivity index (χ3n) is 8.79. The second-order valence-corrected chi connectivity index (χ2v) is 15.1. The number of aliphatic hydroxyl groups is 2. The average molecular weight is 822 g/mol. The molecule has 20 heteroatoms. The van der Waals surface area contributed by atoms with Crippen LogP contribution in [0.5, 0.6) is 0 Å². The molecule has 7 amide bonds. The molecule has 15 N–H and O–H groups in total. The van der Waals surface area contributed by atoms with Crippen LogP contribution in [0.3, 0.4) is 0 Å². The number of hydrogen-bond acceptors (Lipinski definition) is 12. The highest BCUT2D eigenvalue weighted by molar-refractivity contribution is 5.98. The zero-order valence-corrected chi connectivity index (χ0v) is 33.9. The molecule has 58 heavy (non-hydrogen) atoms. The summed E-state index contributed by atoms with van der Waals surface area (Å²) in [6.45, 7) is 7.84. The highest BCUT2D eigenvalue weighted by Gasteiger charge is 2.35. The van der Waals surface area contributed by atoms with Crippen LogP contribution >= 0.6 is 0 Å². The molecule has 1 rings (SSSR count). The van der Waals surface area contributed by atoms with Gasteiger partial charge in [-0.05, 0) is 63.0 Å². The first-order chi connectivity index (χ1) is 27.2. The van der Waals surface area contributed by atoms with Crippen LogP contribution in [0.2, 0.25) is 0 Å². The molecular weight excluding hydrogens is 758 g/mol. The average Bonchev–Trinajstić information content (AvgIpc) is 3.14. The van der Waals surface area contributed by atoms with E-state index in [2.05, 4.69) is 31.9 Å². The number of amides is 7. The highest BCUT2D eigenvalue weighted by atomic mass is 16.4. The van der Waals surface area contributed by atoms with E-state index in [0.717, 1.165) is 0 Å². The Morgan fingerprint density at radius 2 is 1.12 bits per heavy atom. The van der Waals surface area contributed by atoms with Crippen molar-refractivity contribution >= 4 is 47.3 Å². The molecule has 0 heterocycles. The molecule has 8 atom stereocenters. The van der Waals surface area contributed by atoms with Gasteiger partial charge in [0.2, 0.25) is 41.4 Å². The maximum atomic E-state index is 14.0. The number of nitrogens with one attached hydrogen (secondary N) is 6. The van der Waals surface area contributed by atoms with E-state index in [1.165, 1.54) is 6.92 Å². The minimum Gasteiger partial charge on any atom is -0.480 e. The van der Waals surface area contributed by atoms with Gasteiger partial charge in [-0.25, -0.2) is 4.79 Å². The fourth-order valence-electron chi connectivity index (χ4n) is 5.73. The maximum absolute atomic E-state index is 14.0. The van der Waals surface area contributed by atoms with E-state index in [-0.39, 0.29) is 44.1 Å². The van der Waals surface area contributed by atoms with Crippen molar-refractivity contribution in [2.45, 2.75) is 128 Å². The first-order valence-electron chi connectivity index (χ1n) is 19.3. The first kappa shape index (κ1) is 50.8. The van der Waals surface area contributed by atoms with E-state index >= 15 is 0 Å². The van der Waals surface area contributed by atoms with Crippen molar-refractivity contribution in [3.05, 3.63) is 35.9 Å². The summed E-state index contributed by atoms with van der Waals surface area (Å²) in [6.07, 6.45) is -1.24. The molecule has 326 valence electrons. The van der Waals surface area contributed by atoms with Crippen molar-refractivity contribution in [1.29, 1.82) is 0 Å². The van der Waals surface area contributed by atoms with Crippen molar-refractivity contribution in [2.24, 2.45) is 29.0 Å². The van der Waals surface area contributed by atoms with Crippen molar-refractivity contribution in [1.82, 2.24) is 31.9 Å². The quantitative estimate of drug-likeness (QED) is 0.0395. The number of primary amides is 1. The fourth-order valence-corrected chi connectivity index (χ4v) is 5.73. The van der Waals surface area contributed by atoms with Crippen LogP contribution in [0.15, 0.2) is 30.3 Å². The van der Waals surface area contributed by atoms with Crippen LogP contribution < -0.4 is 49.1 Å². The Kier molecular flexibility index (Phi) is 22.7. The van der Waals surface area contributed by atoms with Crippen LogP contribution in [0.1, 0.15) is 78.7 Å². The number of carboxylic acids is 1. The number of hydrogen-bond donors (Lipinski definition) is 12. The Hall–Kier alpha value is -5.18. The lowest BCUT2D eigenvalue weighted by Crippen LogP contribution is -2.61. The smallest absolute Gasteiger partial charge is 0.326 e. The van der Waals surface area contributed by atoms with E-state index in [0.29, 0.717) is 18.4 Å². The van der Waals surface area contributed by atoms with Crippen molar-refractivity contribution in [2.75, 3.05) is 13.2 Å². The van der Waals surface area contributed by atoms with E-state index in [4.69, 9.17) is 17.2 Å². The fraction of sp³-hybridized carbons (Fsp3) is 0.632. The van der Waals surface area contributed by atoms with Gasteiger partial charge in [-0.1, -0.05) is 58.0 Å². The Morgan fingerprint density at radius 1 is 0.638 bits per heavy atom. The predicted octanol–water partition coefficient (Wildman–Crippen LogP) is -2.98. The van der Waals surface area contributed by atoms with Crippen molar-refractivity contribution in [3.8, 4) is 0 Å². The van der Waals surface area contributed by atoms with Gasteiger partial charge < -0.3 is 64.4 Å². The zero-order valence-electron chi connectivity index (χ0n) is 33.9. The van der Waals surface area contributed by atoms with Gasteiger partial charge >= 0.3 is 5.97 Å². The molecule has 0 saturated carbocycles. The van der Waals surface area contributed by atoms with Crippen LogP contribution in [0.4, 0.5) is 0 Å². The van der Waals surface area contributed by atoms with Crippen LogP contribution in [0.25, 0.3) is 0 Å². The zero-order chi connectivity index (χ0) is 44.1. The number of aliphatic hydroxyl groups excluding tert-OH is 2. The monoisotopic (exact) mass is 821 g/mol. The largest absolute Gasteiger partial charge is 0.480 e. The molecule has 20 nitrogen and oxygen atoms in total. The van der Waals surface area contributed by atoms with Gasteiger partial charge in [-0.3, -0.25) is 33.6 Å². The normalized spacial score (nSPS) is 15.4. The number of rotatable bonds is 27. The lowest BCUT2D eigenvalue weighted by Gasteiger charge is -2.29. The van der Waals surface area contributed by atoms with Crippen LogP contribution in [0, 0.1) is 11.8 Å². The Bertz CT molecular complexity index is 1530. The number of unbranched alkanes of at least 4 members (excludes halogenated alkanes) is 1. The van der Waals surface area contributed by atoms with E-state index in [9.17, 15) is 53.7 Å².